The van der Waals surface area contributed by atoms with Crippen LogP contribution < -0.4 is 15.5 Å². The summed E-state index contributed by atoms with van der Waals surface area (Å²) in [6.45, 7) is 14.8. The van der Waals surface area contributed by atoms with Crippen molar-refractivity contribution < 1.29 is 52.9 Å². The Morgan fingerprint density at radius 1 is 0.842 bits per heavy atom. The maximum atomic E-state index is 14.7. The van der Waals surface area contributed by atoms with Gasteiger partial charge in [-0.05, 0) is 93.4 Å². The molecule has 3 aliphatic rings. The van der Waals surface area contributed by atoms with E-state index < -0.39 is 60.2 Å². The zero-order valence-electron chi connectivity index (χ0n) is 47.4. The van der Waals surface area contributed by atoms with Crippen molar-refractivity contribution in [1.29, 1.82) is 0 Å². The number of carbonyl (C=O) groups excluding carboxylic acids is 7. The van der Waals surface area contributed by atoms with E-state index in [0.717, 1.165) is 11.3 Å². The molecule has 0 bridgehead atoms. The quantitative estimate of drug-likeness (QED) is 0.0596. The van der Waals surface area contributed by atoms with Gasteiger partial charge in [0.05, 0.1) is 42.7 Å². The highest BCUT2D eigenvalue weighted by atomic mass is 16.5. The fourth-order valence-electron chi connectivity index (χ4n) is 10.9. The predicted octanol–water partition coefficient (Wildman–Crippen LogP) is 5.79. The molecule has 0 unspecified atom stereocenters. The van der Waals surface area contributed by atoms with Crippen LogP contribution in [0.15, 0.2) is 60.7 Å². The predicted molar refractivity (Wildman–Crippen MR) is 293 cm³/mol. The van der Waals surface area contributed by atoms with Crippen molar-refractivity contribution in [1.82, 2.24) is 30.2 Å². The number of allylic oxidation sites excluding steroid dienone is 4. The van der Waals surface area contributed by atoms with E-state index in [2.05, 4.69) is 10.6 Å². The van der Waals surface area contributed by atoms with Gasteiger partial charge < -0.3 is 39.9 Å². The number of carboxylic acid groups (broad SMARTS) is 1. The van der Waals surface area contributed by atoms with Crippen LogP contribution in [0, 0.1) is 29.6 Å². The molecule has 2 heterocycles. The van der Waals surface area contributed by atoms with E-state index in [1.54, 1.807) is 35.7 Å². The highest BCUT2D eigenvalue weighted by Gasteiger charge is 2.44. The molecule has 1 aromatic carbocycles. The van der Waals surface area contributed by atoms with Gasteiger partial charge >= 0.3 is 5.97 Å². The molecule has 7 amide bonds. The van der Waals surface area contributed by atoms with Crippen molar-refractivity contribution in [3.05, 3.63) is 66.3 Å². The Bertz CT molecular complexity index is 2210. The summed E-state index contributed by atoms with van der Waals surface area (Å²) in [5, 5.41) is 15.9. The van der Waals surface area contributed by atoms with Gasteiger partial charge in [0.15, 0.2) is 0 Å². The van der Waals surface area contributed by atoms with Gasteiger partial charge in [0.1, 0.15) is 12.1 Å². The summed E-state index contributed by atoms with van der Waals surface area (Å²) in [6, 6.07) is 4.25. The minimum Gasteiger partial charge on any atom is -0.480 e. The molecule has 76 heavy (non-hydrogen) atoms. The molecule has 1 aliphatic carbocycles. The Labute approximate surface area is 452 Å². The monoisotopic (exact) mass is 1060 g/mol. The molecule has 0 spiro atoms. The van der Waals surface area contributed by atoms with Crippen molar-refractivity contribution in [2.75, 3.05) is 59.9 Å². The first kappa shape index (κ1) is 62.8. The van der Waals surface area contributed by atoms with Crippen molar-refractivity contribution in [2.45, 2.75) is 162 Å². The number of rotatable bonds is 31. The average molecular weight is 1060 g/mol. The van der Waals surface area contributed by atoms with E-state index in [1.165, 1.54) is 31.3 Å². The summed E-state index contributed by atoms with van der Waals surface area (Å²) in [4.78, 5) is 114. The summed E-state index contributed by atoms with van der Waals surface area (Å²) in [7, 11) is 8.38. The third-order valence-corrected chi connectivity index (χ3v) is 15.7. The number of amides is 7. The van der Waals surface area contributed by atoms with E-state index in [1.807, 2.05) is 102 Å². The number of likely N-dealkylation sites (N-methyl/N-ethyl adjacent to an activating group) is 2. The standard InChI is InChI=1S/C58H89N7O11/c1-13-39(6)53(46(75-11)36-50(69)64-33-20-23-45(64)54(76-12)40(7)55(70)59-44(58(73)74)35-42-21-16-14-17-22-42)63(10)57(72)51(37(2)3)60-56(71)52(38(4)5)61(8)34-31-41-25-27-43(28-26-41)62(9)47(66)24-18-15-19-32-65-48(67)29-30-49(65)68/h14,16-17,21,25-30,37-40,42,44-46,51-54H,13,15,18-20,22-24,31-36H2,1-12H3,(H,59,70)(H,60,71)(H,73,74)/t39-,40+,42-,44-,45-,46+,51-,52-,53-,54+/m0/s1. The smallest absolute Gasteiger partial charge is 0.326 e. The lowest BCUT2D eigenvalue weighted by atomic mass is 9.89. The fourth-order valence-corrected chi connectivity index (χ4v) is 10.9. The first-order chi connectivity index (χ1) is 36.1. The molecule has 0 aromatic heterocycles. The third kappa shape index (κ3) is 17.1. The Morgan fingerprint density at radius 3 is 2.08 bits per heavy atom. The van der Waals surface area contributed by atoms with Gasteiger partial charge in [-0.2, -0.15) is 0 Å². The Balaban J connectivity index is 1.36. The van der Waals surface area contributed by atoms with Crippen LogP contribution >= 0.6 is 0 Å². The van der Waals surface area contributed by atoms with Crippen LogP contribution in [0.2, 0.25) is 0 Å². The summed E-state index contributed by atoms with van der Waals surface area (Å²) < 4.78 is 12.0. The van der Waals surface area contributed by atoms with Gasteiger partial charge in [0, 0.05) is 72.2 Å². The van der Waals surface area contributed by atoms with E-state index in [9.17, 15) is 43.5 Å². The van der Waals surface area contributed by atoms with Gasteiger partial charge in [-0.15, -0.1) is 0 Å². The van der Waals surface area contributed by atoms with Gasteiger partial charge in [0.2, 0.25) is 29.5 Å². The minimum atomic E-state index is -1.11. The highest BCUT2D eigenvalue weighted by Crippen LogP contribution is 2.30. The number of anilines is 1. The topological polar surface area (TPSA) is 216 Å². The van der Waals surface area contributed by atoms with E-state index in [0.29, 0.717) is 77.4 Å². The molecular formula is C58H89N7O11. The van der Waals surface area contributed by atoms with Crippen LogP contribution in [0.4, 0.5) is 5.69 Å². The lowest BCUT2D eigenvalue weighted by molar-refractivity contribution is -0.148. The second-order valence-electron chi connectivity index (χ2n) is 21.8. The number of hydrogen-bond acceptors (Lipinski definition) is 11. The lowest BCUT2D eigenvalue weighted by Gasteiger charge is -2.41. The molecule has 422 valence electrons. The lowest BCUT2D eigenvalue weighted by Crippen LogP contribution is -2.60. The first-order valence-corrected chi connectivity index (χ1v) is 27.4. The number of unbranched alkanes of at least 4 members (excludes halogenated alkanes) is 2. The number of carbonyl (C=O) groups is 8. The van der Waals surface area contributed by atoms with E-state index in [4.69, 9.17) is 9.47 Å². The number of imide groups is 1. The van der Waals surface area contributed by atoms with Crippen LogP contribution in [0.3, 0.4) is 0 Å². The molecule has 1 saturated heterocycles. The van der Waals surface area contributed by atoms with Crippen molar-refractivity contribution in [3.63, 3.8) is 0 Å². The largest absolute Gasteiger partial charge is 0.480 e. The summed E-state index contributed by atoms with van der Waals surface area (Å²) in [6.07, 6.45) is 14.6. The number of hydrogen-bond donors (Lipinski definition) is 3. The molecule has 18 nitrogen and oxygen atoms in total. The molecule has 1 fully saturated rings. The highest BCUT2D eigenvalue weighted by molar-refractivity contribution is 6.12. The van der Waals surface area contributed by atoms with E-state index >= 15 is 0 Å². The molecule has 3 N–H and O–H groups in total. The number of ether oxygens (including phenoxy) is 2. The third-order valence-electron chi connectivity index (χ3n) is 15.7. The molecule has 0 saturated carbocycles. The van der Waals surface area contributed by atoms with Crippen molar-refractivity contribution in [3.8, 4) is 0 Å². The Kier molecular flexibility index (Phi) is 25.0. The summed E-state index contributed by atoms with van der Waals surface area (Å²) in [5.74, 6) is -4.24. The normalized spacial score (nSPS) is 19.6. The molecule has 2 aliphatic heterocycles. The Morgan fingerprint density at radius 2 is 1.51 bits per heavy atom. The van der Waals surface area contributed by atoms with Crippen LogP contribution in [-0.4, -0.2) is 169 Å². The molecule has 18 heteroatoms. The van der Waals surface area contributed by atoms with Crippen LogP contribution in [-0.2, 0) is 54.3 Å². The maximum Gasteiger partial charge on any atom is 0.326 e. The number of likely N-dealkylation sites (tertiary alicyclic amines) is 1. The number of methoxy groups -OCH3 is 2. The molecule has 1 aromatic rings. The maximum absolute atomic E-state index is 14.7. The minimum absolute atomic E-state index is 0.0157. The second-order valence-corrected chi connectivity index (χ2v) is 21.8. The Hall–Kier alpha value is -5.72. The van der Waals surface area contributed by atoms with Gasteiger partial charge in [-0.1, -0.05) is 97.7 Å². The second kappa shape index (κ2) is 30.3. The number of nitrogens with zero attached hydrogens (tertiary/aromatic N) is 5. The zero-order chi connectivity index (χ0) is 56.4. The van der Waals surface area contributed by atoms with Gasteiger partial charge in [-0.3, -0.25) is 43.4 Å². The summed E-state index contributed by atoms with van der Waals surface area (Å²) >= 11 is 0. The average Bonchev–Trinajstić information content (AvgIpc) is 4.01. The summed E-state index contributed by atoms with van der Waals surface area (Å²) in [5.41, 5.74) is 1.79. The van der Waals surface area contributed by atoms with E-state index in [-0.39, 0.29) is 72.0 Å². The number of benzene rings is 1. The van der Waals surface area contributed by atoms with Crippen molar-refractivity contribution in [2.24, 2.45) is 29.6 Å². The van der Waals surface area contributed by atoms with Crippen LogP contribution in [0.1, 0.15) is 118 Å². The van der Waals surface area contributed by atoms with Gasteiger partial charge in [-0.25, -0.2) is 4.79 Å². The number of aliphatic carboxylic acids is 1. The molecule has 10 atom stereocenters. The number of nitrogens with one attached hydrogen (secondary N) is 2. The molecular weight excluding hydrogens is 971 g/mol. The van der Waals surface area contributed by atoms with Crippen LogP contribution in [0.5, 0.6) is 0 Å². The molecule has 4 rings (SSSR count). The number of carboxylic acids is 1. The fraction of sp³-hybridized carbons (Fsp3) is 0.655. The van der Waals surface area contributed by atoms with Gasteiger partial charge in [0.25, 0.3) is 11.8 Å². The first-order valence-electron chi connectivity index (χ1n) is 27.4. The zero-order valence-corrected chi connectivity index (χ0v) is 47.4. The SMILES string of the molecule is CC[C@H](C)[C@@H]([C@@H](CC(=O)N1CCC[C@H]1[C@H](OC)[C@@H](C)C(=O)N[C@@H](C[C@H]1C=CC=CC1)C(=O)O)OC)N(C)C(=O)[C@@H](NC(=O)[C@H](C(C)C)N(C)CCc1ccc(N(C)C(=O)CCCCCN2C(=O)C=CC2=O)cc1)C(C)C. The molecule has 0 radical (unpaired) electrons. The van der Waals surface area contributed by atoms with Crippen LogP contribution in [0.25, 0.3) is 0 Å². The van der Waals surface area contributed by atoms with Crippen molar-refractivity contribution >= 4 is 53.0 Å².